The third-order valence-corrected chi connectivity index (χ3v) is 7.27. The lowest BCUT2D eigenvalue weighted by Gasteiger charge is -2.31. The topological polar surface area (TPSA) is 72.9 Å². The van der Waals surface area contributed by atoms with E-state index in [2.05, 4.69) is 0 Å². The molecule has 1 aliphatic rings. The fourth-order valence-corrected chi connectivity index (χ4v) is 5.40. The number of methoxy groups -OCH3 is 2. The third kappa shape index (κ3) is 5.73. The number of likely N-dealkylation sites (tertiary alicyclic amines) is 1. The highest BCUT2D eigenvalue weighted by molar-refractivity contribution is 7.92. The lowest BCUT2D eigenvalue weighted by Crippen LogP contribution is -2.42. The number of rotatable bonds is 7. The molecule has 0 N–H and O–H groups in total. The van der Waals surface area contributed by atoms with Crippen LogP contribution in [0.25, 0.3) is 6.08 Å². The van der Waals surface area contributed by atoms with Crippen LogP contribution in [-0.2, 0) is 14.6 Å². The van der Waals surface area contributed by atoms with Crippen LogP contribution in [0.5, 0.6) is 11.5 Å². The molecule has 1 aromatic rings. The zero-order valence-electron chi connectivity index (χ0n) is 16.5. The Labute approximate surface area is 162 Å². The van der Waals surface area contributed by atoms with E-state index in [0.29, 0.717) is 37.4 Å². The lowest BCUT2D eigenvalue weighted by molar-refractivity contribution is -0.126. The molecule has 0 spiro atoms. The summed E-state index contributed by atoms with van der Waals surface area (Å²) in [6, 6.07) is 5.43. The second kappa shape index (κ2) is 9.26. The Morgan fingerprint density at radius 2 is 1.81 bits per heavy atom. The number of carbonyl (C=O) groups is 1. The van der Waals surface area contributed by atoms with Crippen molar-refractivity contribution >= 4 is 21.8 Å². The van der Waals surface area contributed by atoms with Crippen LogP contribution < -0.4 is 9.47 Å². The van der Waals surface area contributed by atoms with Gasteiger partial charge in [0.05, 0.1) is 25.2 Å². The Kier molecular flexibility index (Phi) is 7.30. The molecule has 27 heavy (non-hydrogen) atoms. The molecule has 2 rings (SSSR count). The van der Waals surface area contributed by atoms with Gasteiger partial charge in [-0.05, 0) is 42.5 Å². The number of carbonyl (C=O) groups excluding carboxylic acids is 1. The lowest BCUT2D eigenvalue weighted by atomic mass is 10.1. The van der Waals surface area contributed by atoms with Crippen molar-refractivity contribution in [3.8, 4) is 11.5 Å². The molecule has 150 valence electrons. The molecular formula is C20H29NO5S. The molecule has 0 saturated carbocycles. The number of hydrogen-bond acceptors (Lipinski definition) is 5. The van der Waals surface area contributed by atoms with Crippen molar-refractivity contribution in [2.45, 2.75) is 31.9 Å². The van der Waals surface area contributed by atoms with Crippen LogP contribution in [0.2, 0.25) is 0 Å². The molecule has 0 bridgehead atoms. The van der Waals surface area contributed by atoms with Gasteiger partial charge < -0.3 is 14.4 Å². The molecule has 1 heterocycles. The number of hydrogen-bond donors (Lipinski definition) is 0. The van der Waals surface area contributed by atoms with Crippen LogP contribution in [0.3, 0.4) is 0 Å². The molecule has 0 radical (unpaired) electrons. The molecule has 1 amide bonds. The summed E-state index contributed by atoms with van der Waals surface area (Å²) in [5.41, 5.74) is 0.829. The van der Waals surface area contributed by atoms with E-state index in [9.17, 15) is 13.2 Å². The monoisotopic (exact) mass is 395 g/mol. The summed E-state index contributed by atoms with van der Waals surface area (Å²) >= 11 is 0. The first-order valence-electron chi connectivity index (χ1n) is 9.17. The molecular weight excluding hydrogens is 366 g/mol. The Hall–Kier alpha value is -2.02. The van der Waals surface area contributed by atoms with Crippen LogP contribution in [0, 0.1) is 5.92 Å². The molecule has 0 unspecified atom stereocenters. The van der Waals surface area contributed by atoms with E-state index in [1.54, 1.807) is 37.3 Å². The largest absolute Gasteiger partial charge is 0.493 e. The van der Waals surface area contributed by atoms with Crippen molar-refractivity contribution < 1.29 is 22.7 Å². The van der Waals surface area contributed by atoms with Crippen LogP contribution >= 0.6 is 0 Å². The molecule has 0 aromatic heterocycles. The van der Waals surface area contributed by atoms with E-state index in [-0.39, 0.29) is 22.8 Å². The SMILES string of the molecule is COc1ccc(/C=C/C(=O)N2CCC(S(=O)(=O)CC(C)C)CC2)cc1OC. The van der Waals surface area contributed by atoms with E-state index in [0.717, 1.165) is 5.56 Å². The summed E-state index contributed by atoms with van der Waals surface area (Å²) in [5, 5.41) is -0.334. The fraction of sp³-hybridized carbons (Fsp3) is 0.550. The standard InChI is InChI=1S/C20H29NO5S/c1-15(2)14-27(23,24)17-9-11-21(12-10-17)20(22)8-6-16-5-7-18(25-3)19(13-16)26-4/h5-8,13,15,17H,9-12,14H2,1-4H3/b8-6+. The van der Waals surface area contributed by atoms with Crippen LogP contribution in [0.4, 0.5) is 0 Å². The van der Waals surface area contributed by atoms with Gasteiger partial charge in [-0.3, -0.25) is 4.79 Å². The average Bonchev–Trinajstić information content (AvgIpc) is 2.64. The maximum atomic E-state index is 12.4. The number of amides is 1. The van der Waals surface area contributed by atoms with Gasteiger partial charge in [-0.2, -0.15) is 0 Å². The maximum absolute atomic E-state index is 12.4. The summed E-state index contributed by atoms with van der Waals surface area (Å²) in [5.74, 6) is 1.46. The minimum absolute atomic E-state index is 0.107. The zero-order chi connectivity index (χ0) is 20.0. The number of benzene rings is 1. The van der Waals surface area contributed by atoms with Gasteiger partial charge in [0, 0.05) is 19.2 Å². The normalized spacial score (nSPS) is 16.1. The molecule has 7 heteroatoms. The van der Waals surface area contributed by atoms with E-state index in [1.165, 1.54) is 6.08 Å². The quantitative estimate of drug-likeness (QED) is 0.664. The Morgan fingerprint density at radius 1 is 1.19 bits per heavy atom. The molecule has 0 aliphatic carbocycles. The van der Waals surface area contributed by atoms with E-state index in [4.69, 9.17) is 9.47 Å². The molecule has 1 aliphatic heterocycles. The average molecular weight is 396 g/mol. The van der Waals surface area contributed by atoms with Crippen molar-refractivity contribution in [2.75, 3.05) is 33.1 Å². The van der Waals surface area contributed by atoms with E-state index in [1.807, 2.05) is 19.9 Å². The van der Waals surface area contributed by atoms with Crippen molar-refractivity contribution in [1.82, 2.24) is 4.90 Å². The summed E-state index contributed by atoms with van der Waals surface area (Å²) < 4.78 is 35.2. The summed E-state index contributed by atoms with van der Waals surface area (Å²) in [4.78, 5) is 14.1. The second-order valence-corrected chi connectivity index (χ2v) is 9.52. The van der Waals surface area contributed by atoms with E-state index < -0.39 is 9.84 Å². The van der Waals surface area contributed by atoms with Crippen LogP contribution in [-0.4, -0.2) is 57.5 Å². The van der Waals surface area contributed by atoms with Crippen LogP contribution in [0.15, 0.2) is 24.3 Å². The first-order valence-corrected chi connectivity index (χ1v) is 10.9. The number of sulfone groups is 1. The van der Waals surface area contributed by atoms with Gasteiger partial charge >= 0.3 is 0 Å². The van der Waals surface area contributed by atoms with Gasteiger partial charge in [0.25, 0.3) is 0 Å². The van der Waals surface area contributed by atoms with Crippen molar-refractivity contribution in [3.63, 3.8) is 0 Å². The molecule has 1 fully saturated rings. The second-order valence-electron chi connectivity index (χ2n) is 7.20. The highest BCUT2D eigenvalue weighted by Gasteiger charge is 2.31. The predicted octanol–water partition coefficient (Wildman–Crippen LogP) is 2.78. The predicted molar refractivity (Wildman–Crippen MR) is 107 cm³/mol. The molecule has 1 aromatic carbocycles. The number of ether oxygens (including phenoxy) is 2. The van der Waals surface area contributed by atoms with Crippen molar-refractivity contribution in [3.05, 3.63) is 29.8 Å². The van der Waals surface area contributed by atoms with Gasteiger partial charge in [-0.25, -0.2) is 8.42 Å². The highest BCUT2D eigenvalue weighted by atomic mass is 32.2. The summed E-state index contributed by atoms with van der Waals surface area (Å²) in [6.07, 6.45) is 4.26. The Bertz CT molecular complexity index is 778. The number of piperidine rings is 1. The first kappa shape index (κ1) is 21.3. The molecule has 6 nitrogen and oxygen atoms in total. The van der Waals surface area contributed by atoms with Gasteiger partial charge in [0.2, 0.25) is 5.91 Å². The first-order chi connectivity index (χ1) is 12.8. The minimum Gasteiger partial charge on any atom is -0.493 e. The van der Waals surface area contributed by atoms with Crippen molar-refractivity contribution in [1.29, 1.82) is 0 Å². The van der Waals surface area contributed by atoms with Crippen LogP contribution in [0.1, 0.15) is 32.3 Å². The van der Waals surface area contributed by atoms with E-state index >= 15 is 0 Å². The minimum atomic E-state index is -3.08. The molecule has 1 saturated heterocycles. The fourth-order valence-electron chi connectivity index (χ4n) is 3.27. The third-order valence-electron chi connectivity index (χ3n) is 4.65. The highest BCUT2D eigenvalue weighted by Crippen LogP contribution is 2.28. The van der Waals surface area contributed by atoms with Gasteiger partial charge in [-0.15, -0.1) is 0 Å². The van der Waals surface area contributed by atoms with Gasteiger partial charge in [0.15, 0.2) is 21.3 Å². The summed E-state index contributed by atoms with van der Waals surface area (Å²) in [7, 11) is 0.0517. The number of nitrogens with zero attached hydrogens (tertiary/aromatic N) is 1. The van der Waals surface area contributed by atoms with Gasteiger partial charge in [0.1, 0.15) is 0 Å². The summed E-state index contributed by atoms with van der Waals surface area (Å²) in [6.45, 7) is 4.76. The zero-order valence-corrected chi connectivity index (χ0v) is 17.3. The Balaban J connectivity index is 1.95. The smallest absolute Gasteiger partial charge is 0.246 e. The molecule has 0 atom stereocenters. The Morgan fingerprint density at radius 3 is 2.37 bits per heavy atom. The van der Waals surface area contributed by atoms with Gasteiger partial charge in [-0.1, -0.05) is 19.9 Å². The maximum Gasteiger partial charge on any atom is 0.246 e. The van der Waals surface area contributed by atoms with Crippen molar-refractivity contribution in [2.24, 2.45) is 5.92 Å².